The number of amides is 1. The van der Waals surface area contributed by atoms with Crippen LogP contribution in [-0.2, 0) is 11.2 Å². The number of para-hydroxylation sites is 1. The zero-order valence-corrected chi connectivity index (χ0v) is 15.4. The maximum absolute atomic E-state index is 13.2. The number of fused-ring (bicyclic) bond motifs is 2. The molecule has 0 saturated carbocycles. The van der Waals surface area contributed by atoms with Crippen molar-refractivity contribution in [2.75, 3.05) is 20.3 Å². The Hall–Kier alpha value is -2.92. The summed E-state index contributed by atoms with van der Waals surface area (Å²) in [4.78, 5) is 27.9. The van der Waals surface area contributed by atoms with Crippen molar-refractivity contribution in [2.24, 2.45) is 0 Å². The van der Waals surface area contributed by atoms with E-state index in [9.17, 15) is 9.59 Å². The van der Waals surface area contributed by atoms with Gasteiger partial charge in [-0.25, -0.2) is 0 Å². The summed E-state index contributed by atoms with van der Waals surface area (Å²) in [6.07, 6.45) is 0.931. The molecule has 138 valence electrons. The predicted octanol–water partition coefficient (Wildman–Crippen LogP) is 3.55. The molecule has 0 spiro atoms. The van der Waals surface area contributed by atoms with E-state index in [1.807, 2.05) is 24.3 Å². The minimum Gasteiger partial charge on any atom is -0.450 e. The molecule has 5 heteroatoms. The molecule has 0 fully saturated rings. The van der Waals surface area contributed by atoms with Crippen LogP contribution in [0, 0.1) is 0 Å². The van der Waals surface area contributed by atoms with Gasteiger partial charge in [-0.2, -0.15) is 0 Å². The van der Waals surface area contributed by atoms with Crippen LogP contribution in [0.15, 0.2) is 57.7 Å². The SMILES string of the molecule is CCc1ccc(C2c3c(oc4ccccc4c3=O)C(=O)N2CCOC)cc1. The van der Waals surface area contributed by atoms with E-state index in [0.29, 0.717) is 29.7 Å². The fourth-order valence-electron chi connectivity index (χ4n) is 3.67. The highest BCUT2D eigenvalue weighted by Gasteiger charge is 2.42. The Labute approximate surface area is 157 Å². The monoisotopic (exact) mass is 363 g/mol. The maximum Gasteiger partial charge on any atom is 0.290 e. The van der Waals surface area contributed by atoms with Crippen molar-refractivity contribution in [2.45, 2.75) is 19.4 Å². The van der Waals surface area contributed by atoms with Gasteiger partial charge in [0.1, 0.15) is 5.58 Å². The lowest BCUT2D eigenvalue weighted by Gasteiger charge is -2.25. The summed E-state index contributed by atoms with van der Waals surface area (Å²) in [5, 5.41) is 0.493. The van der Waals surface area contributed by atoms with Crippen LogP contribution in [0.4, 0.5) is 0 Å². The summed E-state index contributed by atoms with van der Waals surface area (Å²) < 4.78 is 11.0. The summed E-state index contributed by atoms with van der Waals surface area (Å²) in [5.41, 5.74) is 2.81. The lowest BCUT2D eigenvalue weighted by Crippen LogP contribution is -2.32. The number of carbonyl (C=O) groups excluding carboxylic acids is 1. The molecule has 1 atom stereocenters. The lowest BCUT2D eigenvalue weighted by atomic mass is 9.97. The minimum atomic E-state index is -0.464. The number of ether oxygens (including phenoxy) is 1. The molecule has 0 bridgehead atoms. The average molecular weight is 363 g/mol. The topological polar surface area (TPSA) is 59.8 Å². The van der Waals surface area contributed by atoms with Crippen LogP contribution < -0.4 is 5.43 Å². The molecule has 3 aromatic rings. The van der Waals surface area contributed by atoms with E-state index < -0.39 is 6.04 Å². The van der Waals surface area contributed by atoms with Crippen molar-refractivity contribution < 1.29 is 13.9 Å². The first kappa shape index (κ1) is 17.5. The van der Waals surface area contributed by atoms with Gasteiger partial charge in [0.15, 0.2) is 5.43 Å². The molecular weight excluding hydrogens is 342 g/mol. The lowest BCUT2D eigenvalue weighted by molar-refractivity contribution is 0.0663. The van der Waals surface area contributed by atoms with Crippen molar-refractivity contribution >= 4 is 16.9 Å². The highest BCUT2D eigenvalue weighted by atomic mass is 16.5. The molecule has 0 N–H and O–H groups in total. The summed E-state index contributed by atoms with van der Waals surface area (Å²) in [6, 6.07) is 14.6. The fourth-order valence-corrected chi connectivity index (χ4v) is 3.67. The maximum atomic E-state index is 13.2. The molecule has 1 aromatic heterocycles. The van der Waals surface area contributed by atoms with Gasteiger partial charge in [-0.15, -0.1) is 0 Å². The van der Waals surface area contributed by atoms with E-state index >= 15 is 0 Å². The van der Waals surface area contributed by atoms with Gasteiger partial charge in [-0.1, -0.05) is 43.3 Å². The molecule has 1 aliphatic rings. The molecule has 1 aliphatic heterocycles. The summed E-state index contributed by atoms with van der Waals surface area (Å²) in [6.45, 7) is 2.86. The largest absolute Gasteiger partial charge is 0.450 e. The first-order valence-corrected chi connectivity index (χ1v) is 9.10. The number of hydrogen-bond donors (Lipinski definition) is 0. The summed E-state index contributed by atoms with van der Waals surface area (Å²) in [5.74, 6) is -0.131. The van der Waals surface area contributed by atoms with Crippen LogP contribution >= 0.6 is 0 Å². The normalized spacial score (nSPS) is 16.1. The Morgan fingerprint density at radius 2 is 1.81 bits per heavy atom. The van der Waals surface area contributed by atoms with Crippen LogP contribution in [0.1, 0.15) is 40.2 Å². The number of methoxy groups -OCH3 is 1. The van der Waals surface area contributed by atoms with Gasteiger partial charge in [0, 0.05) is 13.7 Å². The Kier molecular flexibility index (Phi) is 4.54. The van der Waals surface area contributed by atoms with E-state index in [1.165, 1.54) is 5.56 Å². The Morgan fingerprint density at radius 3 is 2.52 bits per heavy atom. The van der Waals surface area contributed by atoms with Crippen molar-refractivity contribution in [3.8, 4) is 0 Å². The van der Waals surface area contributed by atoms with Gasteiger partial charge in [0.2, 0.25) is 5.76 Å². The molecule has 0 saturated heterocycles. The highest BCUT2D eigenvalue weighted by Crippen LogP contribution is 2.37. The molecule has 27 heavy (non-hydrogen) atoms. The second kappa shape index (κ2) is 7.00. The van der Waals surface area contributed by atoms with Gasteiger partial charge >= 0.3 is 0 Å². The van der Waals surface area contributed by atoms with Gasteiger partial charge < -0.3 is 14.1 Å². The molecule has 2 aromatic carbocycles. The average Bonchev–Trinajstić information content (AvgIpc) is 2.99. The Balaban J connectivity index is 1.93. The first-order valence-electron chi connectivity index (χ1n) is 9.10. The standard InChI is InChI=1S/C22H21NO4/c1-3-14-8-10-15(11-9-14)19-18-20(24)16-6-4-5-7-17(16)27-21(18)22(25)23(19)12-13-26-2/h4-11,19H,3,12-13H2,1-2H3. The van der Waals surface area contributed by atoms with E-state index in [4.69, 9.17) is 9.15 Å². The molecule has 2 heterocycles. The molecule has 5 nitrogen and oxygen atoms in total. The van der Waals surface area contributed by atoms with Crippen LogP contribution in [0.3, 0.4) is 0 Å². The van der Waals surface area contributed by atoms with E-state index in [0.717, 1.165) is 12.0 Å². The van der Waals surface area contributed by atoms with Crippen molar-refractivity contribution in [1.29, 1.82) is 0 Å². The third kappa shape index (κ3) is 2.84. The number of rotatable bonds is 5. The number of carbonyl (C=O) groups is 1. The van der Waals surface area contributed by atoms with Crippen molar-refractivity contribution in [3.63, 3.8) is 0 Å². The first-order chi connectivity index (χ1) is 13.2. The highest BCUT2D eigenvalue weighted by molar-refractivity contribution is 5.99. The summed E-state index contributed by atoms with van der Waals surface area (Å²) in [7, 11) is 1.59. The zero-order valence-electron chi connectivity index (χ0n) is 15.4. The predicted molar refractivity (Wildman–Crippen MR) is 103 cm³/mol. The van der Waals surface area contributed by atoms with Crippen LogP contribution in [0.2, 0.25) is 0 Å². The molecule has 4 rings (SSSR count). The third-order valence-electron chi connectivity index (χ3n) is 5.11. The van der Waals surface area contributed by atoms with Gasteiger partial charge in [0.05, 0.1) is 23.6 Å². The van der Waals surface area contributed by atoms with Crippen molar-refractivity contribution in [3.05, 3.63) is 81.2 Å². The number of benzene rings is 2. The molecule has 0 aliphatic carbocycles. The second-order valence-corrected chi connectivity index (χ2v) is 6.66. The number of hydrogen-bond acceptors (Lipinski definition) is 4. The Morgan fingerprint density at radius 1 is 1.07 bits per heavy atom. The van der Waals surface area contributed by atoms with E-state index in [1.54, 1.807) is 36.3 Å². The molecular formula is C22H21NO4. The number of aryl methyl sites for hydroxylation is 1. The zero-order chi connectivity index (χ0) is 19.0. The molecule has 1 amide bonds. The summed E-state index contributed by atoms with van der Waals surface area (Å²) >= 11 is 0. The van der Waals surface area contributed by atoms with Crippen LogP contribution in [-0.4, -0.2) is 31.1 Å². The molecule has 0 radical (unpaired) electrons. The van der Waals surface area contributed by atoms with E-state index in [-0.39, 0.29) is 17.1 Å². The van der Waals surface area contributed by atoms with Gasteiger partial charge in [0.25, 0.3) is 5.91 Å². The van der Waals surface area contributed by atoms with Crippen LogP contribution in [0.25, 0.3) is 11.0 Å². The smallest absolute Gasteiger partial charge is 0.290 e. The second-order valence-electron chi connectivity index (χ2n) is 6.66. The third-order valence-corrected chi connectivity index (χ3v) is 5.11. The van der Waals surface area contributed by atoms with Crippen molar-refractivity contribution in [1.82, 2.24) is 4.90 Å². The minimum absolute atomic E-state index is 0.138. The molecule has 1 unspecified atom stereocenters. The van der Waals surface area contributed by atoms with Gasteiger partial charge in [-0.3, -0.25) is 9.59 Å². The van der Waals surface area contributed by atoms with E-state index in [2.05, 4.69) is 6.92 Å². The Bertz CT molecular complexity index is 1050. The number of nitrogens with zero attached hydrogens (tertiary/aromatic N) is 1. The van der Waals surface area contributed by atoms with Gasteiger partial charge in [-0.05, 0) is 29.7 Å². The fraction of sp³-hybridized carbons (Fsp3) is 0.273. The quantitative estimate of drug-likeness (QED) is 0.696. The van der Waals surface area contributed by atoms with Crippen LogP contribution in [0.5, 0.6) is 0 Å².